The first-order valence-corrected chi connectivity index (χ1v) is 5.92. The van der Waals surface area contributed by atoms with Crippen molar-refractivity contribution in [2.24, 2.45) is 7.05 Å². The quantitative estimate of drug-likeness (QED) is 0.690. The van der Waals surface area contributed by atoms with Crippen molar-refractivity contribution in [1.82, 2.24) is 19.4 Å². The molecule has 1 aromatic carbocycles. The van der Waals surface area contributed by atoms with Crippen molar-refractivity contribution >= 4 is 33.5 Å². The molecule has 7 nitrogen and oxygen atoms in total. The lowest BCUT2D eigenvalue weighted by Crippen LogP contribution is -2.10. The zero-order valence-corrected chi connectivity index (χ0v) is 10.5. The molecule has 0 radical (unpaired) electrons. The highest BCUT2D eigenvalue weighted by molar-refractivity contribution is 7.09. The number of fused-ring (bicyclic) bond motifs is 1. The van der Waals surface area contributed by atoms with Crippen LogP contribution in [0.3, 0.4) is 0 Å². The lowest BCUT2D eigenvalue weighted by molar-refractivity contribution is 0.528. The van der Waals surface area contributed by atoms with Gasteiger partial charge in [0.15, 0.2) is 5.58 Å². The monoisotopic (exact) mass is 263 g/mol. The predicted octanol–water partition coefficient (Wildman–Crippen LogP) is 1.15. The van der Waals surface area contributed by atoms with Gasteiger partial charge in [-0.3, -0.25) is 4.57 Å². The normalized spacial score (nSPS) is 11.0. The molecule has 2 aromatic heterocycles. The second kappa shape index (κ2) is 3.91. The molecule has 0 unspecified atom stereocenters. The van der Waals surface area contributed by atoms with Gasteiger partial charge in [-0.2, -0.15) is 0 Å². The maximum atomic E-state index is 11.4. The van der Waals surface area contributed by atoms with Gasteiger partial charge in [0.25, 0.3) is 0 Å². The molecular formula is C10H9N5O2S. The van der Waals surface area contributed by atoms with E-state index in [4.69, 9.17) is 4.42 Å². The molecule has 0 atom stereocenters. The summed E-state index contributed by atoms with van der Waals surface area (Å²) in [6.45, 7) is 0. The van der Waals surface area contributed by atoms with Gasteiger partial charge in [0.05, 0.1) is 5.52 Å². The summed E-state index contributed by atoms with van der Waals surface area (Å²) in [6, 6.07) is 5.48. The molecule has 0 bridgehead atoms. The molecule has 0 spiro atoms. The summed E-state index contributed by atoms with van der Waals surface area (Å²) in [6.07, 6.45) is 0. The summed E-state index contributed by atoms with van der Waals surface area (Å²) >= 11 is 1.20. The van der Waals surface area contributed by atoms with E-state index in [0.717, 1.165) is 11.2 Å². The molecule has 0 aliphatic heterocycles. The third-order valence-electron chi connectivity index (χ3n) is 2.74. The summed E-state index contributed by atoms with van der Waals surface area (Å²) in [5.41, 5.74) is 2.19. The first kappa shape index (κ1) is 10.9. The Morgan fingerprint density at radius 3 is 3.00 bits per heavy atom. The van der Waals surface area contributed by atoms with Crippen molar-refractivity contribution in [2.75, 3.05) is 11.9 Å². The molecular weight excluding hydrogens is 254 g/mol. The van der Waals surface area contributed by atoms with E-state index in [-0.39, 0.29) is 5.76 Å². The third kappa shape index (κ3) is 1.58. The number of anilines is 2. The summed E-state index contributed by atoms with van der Waals surface area (Å²) in [5.74, 6) is -0.373. The smallest absolute Gasteiger partial charge is 0.408 e. The zero-order chi connectivity index (χ0) is 12.7. The second-order valence-electron chi connectivity index (χ2n) is 3.78. The molecule has 18 heavy (non-hydrogen) atoms. The summed E-state index contributed by atoms with van der Waals surface area (Å²) in [7, 11) is 3.53. The SMILES string of the molecule is CN(c1ccc2oc(=O)n(C)c2c1)c1nnns1. The lowest BCUT2D eigenvalue weighted by Gasteiger charge is -2.14. The molecule has 0 aliphatic rings. The van der Waals surface area contributed by atoms with E-state index in [1.54, 1.807) is 13.1 Å². The predicted molar refractivity (Wildman–Crippen MR) is 67.2 cm³/mol. The van der Waals surface area contributed by atoms with Gasteiger partial charge in [-0.1, -0.05) is 9.59 Å². The number of oxazole rings is 1. The molecule has 0 amide bonds. The van der Waals surface area contributed by atoms with Crippen molar-refractivity contribution in [2.45, 2.75) is 0 Å². The highest BCUT2D eigenvalue weighted by Crippen LogP contribution is 2.26. The van der Waals surface area contributed by atoms with Crippen LogP contribution in [0.4, 0.5) is 10.8 Å². The average molecular weight is 263 g/mol. The van der Waals surface area contributed by atoms with Crippen LogP contribution in [-0.4, -0.2) is 26.4 Å². The molecule has 92 valence electrons. The van der Waals surface area contributed by atoms with Crippen LogP contribution in [0.25, 0.3) is 11.1 Å². The number of hydrogen-bond acceptors (Lipinski definition) is 7. The van der Waals surface area contributed by atoms with Crippen LogP contribution >= 0.6 is 11.5 Å². The van der Waals surface area contributed by atoms with E-state index in [9.17, 15) is 4.79 Å². The van der Waals surface area contributed by atoms with Crippen LogP contribution < -0.4 is 10.7 Å². The van der Waals surface area contributed by atoms with E-state index in [0.29, 0.717) is 10.7 Å². The van der Waals surface area contributed by atoms with Crippen molar-refractivity contribution in [3.8, 4) is 0 Å². The molecule has 2 heterocycles. The largest absolute Gasteiger partial charge is 0.419 e. The van der Waals surface area contributed by atoms with Gasteiger partial charge in [0, 0.05) is 31.3 Å². The Kier molecular flexibility index (Phi) is 2.37. The van der Waals surface area contributed by atoms with Crippen molar-refractivity contribution in [3.05, 3.63) is 28.7 Å². The van der Waals surface area contributed by atoms with Gasteiger partial charge in [0.2, 0.25) is 5.13 Å². The molecule has 3 rings (SSSR count). The third-order valence-corrected chi connectivity index (χ3v) is 3.41. The highest BCUT2D eigenvalue weighted by atomic mass is 32.1. The maximum Gasteiger partial charge on any atom is 0.419 e. The van der Waals surface area contributed by atoms with Crippen LogP contribution in [0.1, 0.15) is 0 Å². The van der Waals surface area contributed by atoms with Gasteiger partial charge < -0.3 is 9.32 Å². The van der Waals surface area contributed by atoms with Crippen molar-refractivity contribution in [3.63, 3.8) is 0 Å². The van der Waals surface area contributed by atoms with E-state index in [1.165, 1.54) is 16.1 Å². The minimum absolute atomic E-state index is 0.373. The van der Waals surface area contributed by atoms with E-state index >= 15 is 0 Å². The topological polar surface area (TPSA) is 77.0 Å². The van der Waals surface area contributed by atoms with Gasteiger partial charge >= 0.3 is 5.76 Å². The van der Waals surface area contributed by atoms with E-state index < -0.39 is 0 Å². The first-order chi connectivity index (χ1) is 8.66. The second-order valence-corrected chi connectivity index (χ2v) is 4.49. The Bertz CT molecular complexity index is 745. The van der Waals surface area contributed by atoms with Gasteiger partial charge in [-0.15, -0.1) is 0 Å². The minimum atomic E-state index is -0.373. The number of rotatable bonds is 2. The molecule has 0 saturated carbocycles. The Morgan fingerprint density at radius 1 is 1.44 bits per heavy atom. The minimum Gasteiger partial charge on any atom is -0.408 e. The van der Waals surface area contributed by atoms with E-state index in [1.807, 2.05) is 24.1 Å². The number of hydrogen-bond donors (Lipinski definition) is 0. The summed E-state index contributed by atoms with van der Waals surface area (Å²) < 4.78 is 10.3. The highest BCUT2D eigenvalue weighted by Gasteiger charge is 2.11. The first-order valence-electron chi connectivity index (χ1n) is 5.15. The summed E-state index contributed by atoms with van der Waals surface area (Å²) in [5, 5.41) is 8.13. The standard InChI is InChI=1S/C10H9N5O2S/c1-14(9-11-12-13-18-9)6-3-4-8-7(5-6)15(2)10(16)17-8/h3-5H,1-2H3. The lowest BCUT2D eigenvalue weighted by atomic mass is 10.2. The fourth-order valence-electron chi connectivity index (χ4n) is 1.69. The van der Waals surface area contributed by atoms with Gasteiger partial charge in [-0.25, -0.2) is 4.79 Å². The Morgan fingerprint density at radius 2 is 2.28 bits per heavy atom. The fraction of sp³-hybridized carbons (Fsp3) is 0.200. The Hall–Kier alpha value is -2.22. The number of aromatic nitrogens is 4. The van der Waals surface area contributed by atoms with Gasteiger partial charge in [-0.05, 0) is 23.4 Å². The van der Waals surface area contributed by atoms with Crippen LogP contribution in [-0.2, 0) is 7.05 Å². The zero-order valence-electron chi connectivity index (χ0n) is 9.69. The molecule has 8 heteroatoms. The average Bonchev–Trinajstić information content (AvgIpc) is 2.99. The maximum absolute atomic E-state index is 11.4. The number of nitrogens with zero attached hydrogens (tertiary/aromatic N) is 5. The van der Waals surface area contributed by atoms with Crippen molar-refractivity contribution < 1.29 is 4.42 Å². The molecule has 3 aromatic rings. The van der Waals surface area contributed by atoms with Crippen LogP contribution in [0.2, 0.25) is 0 Å². The van der Waals surface area contributed by atoms with Crippen LogP contribution in [0.15, 0.2) is 27.4 Å². The van der Waals surface area contributed by atoms with Crippen LogP contribution in [0, 0.1) is 0 Å². The Balaban J connectivity index is 2.13. The Labute approximate surface area is 105 Å². The molecule has 0 N–H and O–H groups in total. The molecule has 0 fully saturated rings. The van der Waals surface area contributed by atoms with Gasteiger partial charge in [0.1, 0.15) is 0 Å². The fourth-order valence-corrected chi connectivity index (χ4v) is 2.14. The van der Waals surface area contributed by atoms with E-state index in [2.05, 4.69) is 14.8 Å². The molecule has 0 aliphatic carbocycles. The van der Waals surface area contributed by atoms with Crippen molar-refractivity contribution in [1.29, 1.82) is 0 Å². The molecule has 0 saturated heterocycles. The number of benzene rings is 1. The summed E-state index contributed by atoms with van der Waals surface area (Å²) in [4.78, 5) is 13.2. The van der Waals surface area contributed by atoms with Crippen LogP contribution in [0.5, 0.6) is 0 Å². The number of aryl methyl sites for hydroxylation is 1.